The first-order chi connectivity index (χ1) is 8.24. The lowest BCUT2D eigenvalue weighted by Gasteiger charge is -2.26. The average molecular weight is 325 g/mol. The molecule has 0 heterocycles. The molecule has 0 atom stereocenters. The van der Waals surface area contributed by atoms with E-state index in [1.165, 1.54) is 6.07 Å². The van der Waals surface area contributed by atoms with Gasteiger partial charge < -0.3 is 0 Å². The molecule has 0 aliphatic carbocycles. The van der Waals surface area contributed by atoms with Crippen LogP contribution in [0, 0.1) is 0 Å². The number of hydrogen-bond acceptors (Lipinski definition) is 0. The van der Waals surface area contributed by atoms with Gasteiger partial charge in [0.15, 0.2) is 0 Å². The number of hydrogen-bond donors (Lipinski definition) is 0. The topological polar surface area (TPSA) is 0 Å². The molecule has 0 saturated carbocycles. The summed E-state index contributed by atoms with van der Waals surface area (Å²) >= 11 is 6.03. The second-order valence-electron chi connectivity index (χ2n) is 6.88. The van der Waals surface area contributed by atoms with E-state index in [0.717, 1.165) is 5.19 Å². The van der Waals surface area contributed by atoms with Crippen molar-refractivity contribution in [1.29, 1.82) is 0 Å². The Morgan fingerprint density at radius 3 is 1.68 bits per heavy atom. The highest BCUT2D eigenvalue weighted by atomic mass is 35.5. The van der Waals surface area contributed by atoms with Gasteiger partial charge in [-0.1, -0.05) is 62.1 Å². The zero-order valence-corrected chi connectivity index (χ0v) is 14.9. The second-order valence-corrected chi connectivity index (χ2v) is 17.4. The Morgan fingerprint density at radius 1 is 0.895 bits per heavy atom. The molecule has 0 radical (unpaired) electrons. The van der Waals surface area contributed by atoms with Gasteiger partial charge in [0.1, 0.15) is 0 Å². The van der Waals surface area contributed by atoms with Crippen molar-refractivity contribution in [3.05, 3.63) is 22.7 Å². The van der Waals surface area contributed by atoms with Crippen LogP contribution in [0.25, 0.3) is 0 Å². The van der Waals surface area contributed by atoms with Gasteiger partial charge in [-0.2, -0.15) is 13.2 Å². The van der Waals surface area contributed by atoms with E-state index in [-0.39, 0.29) is 5.02 Å². The van der Waals surface area contributed by atoms with Gasteiger partial charge in [0, 0.05) is 0 Å². The Hall–Kier alpha value is -0.266. The van der Waals surface area contributed by atoms with Crippen LogP contribution in [0.2, 0.25) is 44.3 Å². The summed E-state index contributed by atoms with van der Waals surface area (Å²) < 4.78 is 39.4. The Balaban J connectivity index is 3.68. The minimum absolute atomic E-state index is 0.103. The lowest BCUT2D eigenvalue weighted by Crippen LogP contribution is -2.46. The third-order valence-electron chi connectivity index (χ3n) is 3.05. The van der Waals surface area contributed by atoms with E-state index in [2.05, 4.69) is 0 Å². The maximum atomic E-state index is 13.1. The average Bonchev–Trinajstić information content (AvgIpc) is 2.11. The number of benzene rings is 1. The Bertz CT molecular complexity index is 447. The van der Waals surface area contributed by atoms with Gasteiger partial charge >= 0.3 is 6.18 Å². The van der Waals surface area contributed by atoms with E-state index in [1.807, 2.05) is 45.3 Å². The maximum absolute atomic E-state index is 13.1. The fraction of sp³-hybridized carbons (Fsp3) is 0.538. The first kappa shape index (κ1) is 16.8. The minimum Gasteiger partial charge on any atom is -0.166 e. The van der Waals surface area contributed by atoms with E-state index < -0.39 is 27.9 Å². The molecule has 108 valence electrons. The zero-order valence-electron chi connectivity index (χ0n) is 12.2. The molecule has 0 bridgehead atoms. The third-order valence-corrected chi connectivity index (χ3v) is 7.65. The van der Waals surface area contributed by atoms with E-state index >= 15 is 0 Å². The number of halogens is 4. The summed E-state index contributed by atoms with van der Waals surface area (Å²) in [7, 11) is -3.72. The molecular weight excluding hydrogens is 305 g/mol. The van der Waals surface area contributed by atoms with Crippen molar-refractivity contribution in [2.24, 2.45) is 0 Å². The molecule has 0 amide bonds. The van der Waals surface area contributed by atoms with Crippen LogP contribution in [0.4, 0.5) is 13.2 Å². The first-order valence-electron chi connectivity index (χ1n) is 6.16. The highest BCUT2D eigenvalue weighted by molar-refractivity contribution is 6.92. The van der Waals surface area contributed by atoms with Crippen LogP contribution in [0.5, 0.6) is 0 Å². The van der Waals surface area contributed by atoms with Crippen molar-refractivity contribution in [2.75, 3.05) is 0 Å². The van der Waals surface area contributed by atoms with Gasteiger partial charge in [0.05, 0.1) is 26.7 Å². The number of alkyl halides is 3. The van der Waals surface area contributed by atoms with E-state index in [1.54, 1.807) is 0 Å². The van der Waals surface area contributed by atoms with Gasteiger partial charge in [-0.25, -0.2) is 0 Å². The first-order valence-corrected chi connectivity index (χ1v) is 13.5. The van der Waals surface area contributed by atoms with Crippen molar-refractivity contribution in [2.45, 2.75) is 45.5 Å². The standard InChI is InChI=1S/C13H20ClF3Si2/c1-18(2,3)9-7-10(13(15,16)17)12(14)11(8-9)19(4,5)6/h7-8H,1-6H3. The molecule has 0 aliphatic rings. The fourth-order valence-electron chi connectivity index (χ4n) is 1.81. The van der Waals surface area contributed by atoms with Crippen LogP contribution in [0.15, 0.2) is 12.1 Å². The molecule has 6 heteroatoms. The normalized spacial score (nSPS) is 13.8. The van der Waals surface area contributed by atoms with Crippen LogP contribution in [-0.4, -0.2) is 16.1 Å². The molecule has 0 unspecified atom stereocenters. The van der Waals surface area contributed by atoms with Crippen LogP contribution >= 0.6 is 11.6 Å². The van der Waals surface area contributed by atoms with Crippen molar-refractivity contribution < 1.29 is 13.2 Å². The highest BCUT2D eigenvalue weighted by Gasteiger charge is 2.37. The summed E-state index contributed by atoms with van der Waals surface area (Å²) in [5.41, 5.74) is -0.675. The zero-order chi connectivity index (χ0) is 15.2. The van der Waals surface area contributed by atoms with Gasteiger partial charge in [-0.05, 0) is 11.3 Å². The van der Waals surface area contributed by atoms with Gasteiger partial charge in [-0.3, -0.25) is 0 Å². The third kappa shape index (κ3) is 3.86. The predicted molar refractivity (Wildman–Crippen MR) is 82.4 cm³/mol. The lowest BCUT2D eigenvalue weighted by molar-refractivity contribution is -0.137. The Labute approximate surface area is 120 Å². The van der Waals surface area contributed by atoms with Crippen LogP contribution < -0.4 is 10.4 Å². The van der Waals surface area contributed by atoms with E-state index in [0.29, 0.717) is 5.19 Å². The molecule has 0 nitrogen and oxygen atoms in total. The van der Waals surface area contributed by atoms with Crippen molar-refractivity contribution in [1.82, 2.24) is 0 Å². The molecule has 1 aromatic carbocycles. The molecule has 0 fully saturated rings. The molecule has 0 saturated heterocycles. The summed E-state index contributed by atoms with van der Waals surface area (Å²) in [4.78, 5) is 0. The summed E-state index contributed by atoms with van der Waals surface area (Å²) in [6.45, 7) is 12.2. The van der Waals surface area contributed by atoms with Gasteiger partial charge in [0.2, 0.25) is 0 Å². The summed E-state index contributed by atoms with van der Waals surface area (Å²) in [5.74, 6) is 0. The van der Waals surface area contributed by atoms with Crippen molar-refractivity contribution >= 4 is 38.1 Å². The second kappa shape index (κ2) is 4.93. The molecule has 0 spiro atoms. The Kier molecular flexibility index (Phi) is 4.36. The van der Waals surface area contributed by atoms with E-state index in [4.69, 9.17) is 11.6 Å². The monoisotopic (exact) mass is 324 g/mol. The van der Waals surface area contributed by atoms with Crippen molar-refractivity contribution in [3.63, 3.8) is 0 Å². The quantitative estimate of drug-likeness (QED) is 0.705. The molecule has 0 aromatic heterocycles. The smallest absolute Gasteiger partial charge is 0.166 e. The molecule has 0 N–H and O–H groups in total. The molecule has 1 rings (SSSR count). The van der Waals surface area contributed by atoms with Gasteiger partial charge in [0.25, 0.3) is 0 Å². The molecule has 19 heavy (non-hydrogen) atoms. The maximum Gasteiger partial charge on any atom is 0.417 e. The SMILES string of the molecule is C[Si](C)(C)c1cc(C(F)(F)F)c(Cl)c([Si](C)(C)C)c1. The number of rotatable bonds is 2. The van der Waals surface area contributed by atoms with Crippen molar-refractivity contribution in [3.8, 4) is 0 Å². The van der Waals surface area contributed by atoms with Gasteiger partial charge in [-0.15, -0.1) is 0 Å². The fourth-order valence-corrected chi connectivity index (χ4v) is 5.56. The Morgan fingerprint density at radius 2 is 1.37 bits per heavy atom. The predicted octanol–water partition coefficient (Wildman–Crippen LogP) is 4.45. The van der Waals surface area contributed by atoms with Crippen LogP contribution in [0.3, 0.4) is 0 Å². The van der Waals surface area contributed by atoms with Crippen LogP contribution in [0.1, 0.15) is 5.56 Å². The summed E-state index contributed by atoms with van der Waals surface area (Å²) in [5, 5.41) is 1.43. The molecular formula is C13H20ClF3Si2. The summed E-state index contributed by atoms with van der Waals surface area (Å²) in [6, 6.07) is 3.16. The van der Waals surface area contributed by atoms with Crippen LogP contribution in [-0.2, 0) is 6.18 Å². The largest absolute Gasteiger partial charge is 0.417 e. The van der Waals surface area contributed by atoms with E-state index in [9.17, 15) is 13.2 Å². The summed E-state index contributed by atoms with van der Waals surface area (Å²) in [6.07, 6.45) is -4.39. The highest BCUT2D eigenvalue weighted by Crippen LogP contribution is 2.34. The lowest BCUT2D eigenvalue weighted by atomic mass is 10.2. The minimum atomic E-state index is -4.39. The molecule has 0 aliphatic heterocycles. The molecule has 1 aromatic rings.